The van der Waals surface area contributed by atoms with E-state index < -0.39 is 66.2 Å². The zero-order valence-corrected chi connectivity index (χ0v) is 44.0. The number of anilines is 6. The van der Waals surface area contributed by atoms with Gasteiger partial charge in [-0.15, -0.1) is 0 Å². The van der Waals surface area contributed by atoms with Gasteiger partial charge in [-0.05, 0) is 77.6 Å². The number of piperidine rings is 2. The Kier molecular flexibility index (Phi) is 17.5. The second-order valence-electron chi connectivity index (χ2n) is 20.8. The molecule has 0 aliphatic carbocycles. The average molecular weight is 1100 g/mol. The van der Waals surface area contributed by atoms with E-state index in [4.69, 9.17) is 34.2 Å². The summed E-state index contributed by atoms with van der Waals surface area (Å²) in [7, 11) is 0. The lowest BCUT2D eigenvalue weighted by molar-refractivity contribution is -0.169. The zero-order chi connectivity index (χ0) is 56.2. The van der Waals surface area contributed by atoms with Crippen LogP contribution in [0, 0.1) is 11.8 Å². The largest absolute Gasteiger partial charge is 0.474 e. The average Bonchev–Trinajstić information content (AvgIpc) is 4.08. The van der Waals surface area contributed by atoms with Crippen molar-refractivity contribution in [2.24, 2.45) is 11.8 Å². The van der Waals surface area contributed by atoms with Gasteiger partial charge in [0.1, 0.15) is 42.6 Å². The maximum absolute atomic E-state index is 13.5. The Morgan fingerprint density at radius 2 is 1.27 bits per heavy atom. The van der Waals surface area contributed by atoms with Crippen LogP contribution in [0.25, 0.3) is 0 Å². The summed E-state index contributed by atoms with van der Waals surface area (Å²) in [5.41, 5.74) is 6.96. The van der Waals surface area contributed by atoms with Crippen LogP contribution in [-0.4, -0.2) is 148 Å². The number of carbonyl (C=O) groups excluding carboxylic acids is 3. The van der Waals surface area contributed by atoms with E-state index in [0.29, 0.717) is 62.0 Å². The van der Waals surface area contributed by atoms with E-state index >= 15 is 0 Å². The predicted molar refractivity (Wildman–Crippen MR) is 272 cm³/mol. The Bertz CT molecular complexity index is 2740. The molecule has 78 heavy (non-hydrogen) atoms. The molecule has 4 saturated heterocycles. The number of pyridine rings is 2. The minimum Gasteiger partial charge on any atom is -0.474 e. The molecule has 4 N–H and O–H groups in total. The smallest absolute Gasteiger partial charge is 0.391 e. The van der Waals surface area contributed by atoms with Gasteiger partial charge in [-0.3, -0.25) is 19.8 Å². The first-order valence-electron chi connectivity index (χ1n) is 25.7. The molecule has 21 nitrogen and oxygen atoms in total. The van der Waals surface area contributed by atoms with Crippen molar-refractivity contribution in [1.82, 2.24) is 29.9 Å². The van der Waals surface area contributed by atoms with Crippen LogP contribution >= 0.6 is 0 Å². The molecule has 4 fully saturated rings. The number of rotatable bonds is 13. The van der Waals surface area contributed by atoms with Crippen molar-refractivity contribution < 1.29 is 69.1 Å². The van der Waals surface area contributed by atoms with Crippen molar-refractivity contribution in [3.8, 4) is 11.8 Å². The van der Waals surface area contributed by atoms with Crippen molar-refractivity contribution in [3.63, 3.8) is 0 Å². The minimum absolute atomic E-state index is 0.0747. The van der Waals surface area contributed by atoms with E-state index in [0.717, 1.165) is 58.4 Å². The molecular formula is C51H64F6N12O9. The zero-order valence-electron chi connectivity index (χ0n) is 44.0. The molecule has 0 spiro atoms. The summed E-state index contributed by atoms with van der Waals surface area (Å²) < 4.78 is 110. The predicted octanol–water partition coefficient (Wildman–Crippen LogP) is 8.03. The quantitative estimate of drug-likeness (QED) is 0.0847. The highest BCUT2D eigenvalue weighted by molar-refractivity contribution is 6.05. The van der Waals surface area contributed by atoms with Crippen molar-refractivity contribution in [3.05, 3.63) is 60.4 Å². The van der Waals surface area contributed by atoms with Gasteiger partial charge in [-0.25, -0.2) is 34.7 Å². The topological polar surface area (TPSA) is 244 Å². The van der Waals surface area contributed by atoms with Crippen molar-refractivity contribution in [2.75, 3.05) is 83.7 Å². The molecule has 6 aliphatic rings. The molecule has 0 aromatic carbocycles. The molecule has 6 aliphatic heterocycles. The van der Waals surface area contributed by atoms with Gasteiger partial charge in [0.05, 0.1) is 67.3 Å². The molecule has 27 heteroatoms. The number of Topliss-reactive ketones (excluding diaryl/α,β-unsaturated/α-hetero) is 2. The van der Waals surface area contributed by atoms with Gasteiger partial charge in [0, 0.05) is 45.1 Å². The number of carbonyl (C=O) groups is 3. The third-order valence-corrected chi connectivity index (χ3v) is 13.5. The van der Waals surface area contributed by atoms with Crippen LogP contribution in [0.5, 0.6) is 11.8 Å². The first-order chi connectivity index (χ1) is 36.8. The third-order valence-electron chi connectivity index (χ3n) is 13.5. The summed E-state index contributed by atoms with van der Waals surface area (Å²) in [6, 6.07) is 5.90. The molecule has 2 amide bonds. The normalized spacial score (nSPS) is 22.4. The van der Waals surface area contributed by atoms with Crippen LogP contribution in [0.2, 0.25) is 0 Å². The number of alkyl halides is 6. The molecular weight excluding hydrogens is 1040 g/mol. The molecule has 4 aromatic heterocycles. The number of nitrogens with one attached hydrogen (secondary N) is 2. The molecule has 0 saturated carbocycles. The standard InChI is InChI=1S/C26H31F3N6O5.C15H18F3N3O.C10H15N3O3/c1-15(26(27,28)29)9-20(36)18-6-7-19-23(32-18)35(16-5-4-8-34(19)12-16)24(37)33-21-10-31-22(11-30-21)38-13-17-14-39-25(2,3)40-17;1-9(15(16,17)18)7-13(22)11-4-5-12-14(20-11)19-10-3-2-6-21(12)8-10;1-10(2)15-6-7(16-10)5-14-9-4-12-8(11)3-13-9/h6-7,10-11,15-17H,4-5,8-9,12-14H2,1-3H3,(H,30,33,37);4-5,9-10H,2-3,6-8H2,1H3,(H,19,20);3-4,7H,5-6H2,1-2H3,(H2,11,12)/t15-,16-,17-;9-,10-;7-/m000/s1. The van der Waals surface area contributed by atoms with Gasteiger partial charge in [0.25, 0.3) is 0 Å². The molecule has 0 radical (unpaired) electrons. The molecule has 10 rings (SSSR count). The number of nitrogens with zero attached hydrogens (tertiary/aromatic N) is 9. The summed E-state index contributed by atoms with van der Waals surface area (Å²) in [5.74, 6) is -3.90. The number of nitrogens with two attached hydrogens (primary N) is 1. The Hall–Kier alpha value is -6.71. The van der Waals surface area contributed by atoms with Crippen LogP contribution < -0.4 is 40.5 Å². The number of ketones is 2. The number of amides is 2. The lowest BCUT2D eigenvalue weighted by Crippen LogP contribution is -2.56. The fraction of sp³-hybridized carbons (Fsp3) is 0.588. The first kappa shape index (κ1) is 57.5. The second kappa shape index (κ2) is 23.7. The molecule has 0 unspecified atom stereocenters. The lowest BCUT2D eigenvalue weighted by atomic mass is 9.98. The summed E-state index contributed by atoms with van der Waals surface area (Å²) in [4.78, 5) is 68.8. The summed E-state index contributed by atoms with van der Waals surface area (Å²) >= 11 is 0. The molecule has 424 valence electrons. The van der Waals surface area contributed by atoms with E-state index in [9.17, 15) is 40.7 Å². The fourth-order valence-corrected chi connectivity index (χ4v) is 9.38. The third kappa shape index (κ3) is 14.9. The van der Waals surface area contributed by atoms with Crippen LogP contribution in [0.3, 0.4) is 0 Å². The van der Waals surface area contributed by atoms with Crippen molar-refractivity contribution in [2.45, 2.75) is 128 Å². The molecule has 4 bridgehead atoms. The minimum atomic E-state index is -4.49. The number of halogens is 6. The number of hydrogen-bond acceptors (Lipinski definition) is 19. The SMILES string of the molecule is CC1(C)OC[C@H](COc2cnc(N)cn2)O1.C[C@@H](CC(=O)c1ccc2c(n1)N(C(=O)Nc1cnc(OC[C@H]3COC(C)(C)O3)cn1)[C@H]1CCCN2C1)C(F)(F)F.C[C@@H](CC(=O)c1ccc2c(n1)N[C@H]1CCCN2C1)C(F)(F)F. The summed E-state index contributed by atoms with van der Waals surface area (Å²) in [6.07, 6.45) is -1.11. The summed E-state index contributed by atoms with van der Waals surface area (Å²) in [6.45, 7) is 14.1. The van der Waals surface area contributed by atoms with E-state index in [1.807, 2.05) is 27.7 Å². The van der Waals surface area contributed by atoms with E-state index in [1.54, 1.807) is 12.1 Å². The molecule has 6 atom stereocenters. The van der Waals surface area contributed by atoms with Crippen molar-refractivity contribution in [1.29, 1.82) is 0 Å². The Morgan fingerprint density at radius 1 is 0.731 bits per heavy atom. The second-order valence-corrected chi connectivity index (χ2v) is 20.8. The van der Waals surface area contributed by atoms with E-state index in [1.165, 1.54) is 41.8 Å². The van der Waals surface area contributed by atoms with Crippen LogP contribution in [0.4, 0.5) is 65.8 Å². The Balaban J connectivity index is 0.000000176. The van der Waals surface area contributed by atoms with Crippen LogP contribution in [0.1, 0.15) is 101 Å². The van der Waals surface area contributed by atoms with Gasteiger partial charge in [-0.1, -0.05) is 13.8 Å². The number of fused-ring (bicyclic) bond motifs is 8. The van der Waals surface area contributed by atoms with E-state index in [-0.39, 0.29) is 53.8 Å². The van der Waals surface area contributed by atoms with Gasteiger partial charge >= 0.3 is 18.4 Å². The summed E-state index contributed by atoms with van der Waals surface area (Å²) in [5, 5.41) is 5.99. The number of nitrogen functional groups attached to an aromatic ring is 1. The molecule has 4 aromatic rings. The lowest BCUT2D eigenvalue weighted by Gasteiger charge is -2.45. The maximum atomic E-state index is 13.5. The van der Waals surface area contributed by atoms with Crippen molar-refractivity contribution >= 4 is 52.2 Å². The van der Waals surface area contributed by atoms with Gasteiger partial charge < -0.3 is 49.3 Å². The van der Waals surface area contributed by atoms with Crippen LogP contribution in [0.15, 0.2) is 49.1 Å². The van der Waals surface area contributed by atoms with Crippen LogP contribution in [-0.2, 0) is 18.9 Å². The highest BCUT2D eigenvalue weighted by atomic mass is 19.4. The number of hydrogen-bond donors (Lipinski definition) is 3. The number of aromatic nitrogens is 6. The monoisotopic (exact) mass is 1100 g/mol. The van der Waals surface area contributed by atoms with Gasteiger partial charge in [-0.2, -0.15) is 26.3 Å². The van der Waals surface area contributed by atoms with Gasteiger partial charge in [0.15, 0.2) is 40.6 Å². The Morgan fingerprint density at radius 3 is 1.79 bits per heavy atom. The number of ether oxygens (including phenoxy) is 6. The highest BCUT2D eigenvalue weighted by Gasteiger charge is 2.42. The van der Waals surface area contributed by atoms with E-state index in [2.05, 4.69) is 50.3 Å². The molecule has 10 heterocycles. The van der Waals surface area contributed by atoms with Gasteiger partial charge in [0.2, 0.25) is 11.8 Å². The number of urea groups is 1. The fourth-order valence-electron chi connectivity index (χ4n) is 9.38. The maximum Gasteiger partial charge on any atom is 0.391 e. The highest BCUT2D eigenvalue weighted by Crippen LogP contribution is 2.40. The first-order valence-corrected chi connectivity index (χ1v) is 25.7. The Labute approximate surface area is 446 Å².